The minimum absolute atomic E-state index is 0.117. The molecule has 0 radical (unpaired) electrons. The average Bonchev–Trinajstić information content (AvgIpc) is 2.63. The highest BCUT2D eigenvalue weighted by molar-refractivity contribution is 5.83. The molecule has 1 atom stereocenters. The Balaban J connectivity index is 1.62. The van der Waals surface area contributed by atoms with E-state index < -0.39 is 6.10 Å². The number of aryl methyl sites for hydroxylation is 1. The highest BCUT2D eigenvalue weighted by atomic mass is 16.5. The number of fused-ring (bicyclic) bond motifs is 1. The van der Waals surface area contributed by atoms with Gasteiger partial charge in [0.1, 0.15) is 5.75 Å². The van der Waals surface area contributed by atoms with Gasteiger partial charge < -0.3 is 10.1 Å². The van der Waals surface area contributed by atoms with Gasteiger partial charge in [0.2, 0.25) is 0 Å². The molecule has 0 saturated carbocycles. The molecule has 0 bridgehead atoms. The Bertz CT molecular complexity index is 901. The molecule has 0 aliphatic heterocycles. The van der Waals surface area contributed by atoms with Crippen LogP contribution in [0.3, 0.4) is 0 Å². The SMILES string of the molecule is Cc1cccc(O[C@H](C)C(=O)NCc2ccc3ccccc3c2)c1C. The van der Waals surface area contributed by atoms with Crippen molar-refractivity contribution in [1.29, 1.82) is 0 Å². The first kappa shape index (κ1) is 17.0. The molecule has 3 aromatic carbocycles. The zero-order valence-corrected chi connectivity index (χ0v) is 14.9. The first-order chi connectivity index (χ1) is 12.0. The molecule has 3 nitrogen and oxygen atoms in total. The number of hydrogen-bond donors (Lipinski definition) is 1. The zero-order chi connectivity index (χ0) is 17.8. The number of nitrogens with one attached hydrogen (secondary N) is 1. The van der Waals surface area contributed by atoms with E-state index in [1.54, 1.807) is 6.92 Å². The summed E-state index contributed by atoms with van der Waals surface area (Å²) >= 11 is 0. The van der Waals surface area contributed by atoms with Gasteiger partial charge in [-0.05, 0) is 60.4 Å². The Morgan fingerprint density at radius 1 is 1.00 bits per heavy atom. The van der Waals surface area contributed by atoms with Crippen LogP contribution >= 0.6 is 0 Å². The predicted octanol–water partition coefficient (Wildman–Crippen LogP) is 4.54. The van der Waals surface area contributed by atoms with Gasteiger partial charge in [0.05, 0.1) is 0 Å². The van der Waals surface area contributed by atoms with Crippen LogP contribution in [-0.2, 0) is 11.3 Å². The van der Waals surface area contributed by atoms with E-state index in [1.807, 2.05) is 50.2 Å². The van der Waals surface area contributed by atoms with Crippen LogP contribution in [0.4, 0.5) is 0 Å². The number of carbonyl (C=O) groups is 1. The molecule has 0 aliphatic rings. The molecule has 0 saturated heterocycles. The van der Waals surface area contributed by atoms with Crippen molar-refractivity contribution in [2.24, 2.45) is 0 Å². The second kappa shape index (κ2) is 7.39. The van der Waals surface area contributed by atoms with Crippen LogP contribution in [0, 0.1) is 13.8 Å². The monoisotopic (exact) mass is 333 g/mol. The van der Waals surface area contributed by atoms with Gasteiger partial charge in [-0.25, -0.2) is 0 Å². The van der Waals surface area contributed by atoms with Crippen molar-refractivity contribution < 1.29 is 9.53 Å². The Morgan fingerprint density at radius 2 is 1.76 bits per heavy atom. The molecule has 0 aliphatic carbocycles. The van der Waals surface area contributed by atoms with E-state index in [0.717, 1.165) is 22.4 Å². The van der Waals surface area contributed by atoms with E-state index in [9.17, 15) is 4.79 Å². The van der Waals surface area contributed by atoms with Crippen molar-refractivity contribution in [3.8, 4) is 5.75 Å². The summed E-state index contributed by atoms with van der Waals surface area (Å²) in [5.41, 5.74) is 3.30. The number of carbonyl (C=O) groups excluding carboxylic acids is 1. The molecule has 3 rings (SSSR count). The summed E-state index contributed by atoms with van der Waals surface area (Å²) in [5, 5.41) is 5.33. The minimum Gasteiger partial charge on any atom is -0.481 e. The van der Waals surface area contributed by atoms with Gasteiger partial charge in [0, 0.05) is 6.54 Å². The van der Waals surface area contributed by atoms with Gasteiger partial charge in [0.15, 0.2) is 6.10 Å². The van der Waals surface area contributed by atoms with Gasteiger partial charge in [-0.3, -0.25) is 4.79 Å². The van der Waals surface area contributed by atoms with Crippen LogP contribution in [-0.4, -0.2) is 12.0 Å². The third-order valence-corrected chi connectivity index (χ3v) is 4.51. The fourth-order valence-electron chi connectivity index (χ4n) is 2.78. The summed E-state index contributed by atoms with van der Waals surface area (Å²) in [7, 11) is 0. The first-order valence-electron chi connectivity index (χ1n) is 8.53. The van der Waals surface area contributed by atoms with Crippen molar-refractivity contribution >= 4 is 16.7 Å². The van der Waals surface area contributed by atoms with Gasteiger partial charge in [0.25, 0.3) is 5.91 Å². The van der Waals surface area contributed by atoms with Crippen LogP contribution in [0.5, 0.6) is 5.75 Å². The van der Waals surface area contributed by atoms with Gasteiger partial charge in [-0.2, -0.15) is 0 Å². The number of rotatable bonds is 5. The Kier molecular flexibility index (Phi) is 5.03. The summed E-state index contributed by atoms with van der Waals surface area (Å²) in [4.78, 5) is 12.3. The second-order valence-corrected chi connectivity index (χ2v) is 6.36. The topological polar surface area (TPSA) is 38.3 Å². The molecular formula is C22H23NO2. The summed E-state index contributed by atoms with van der Waals surface area (Å²) in [5.74, 6) is 0.641. The lowest BCUT2D eigenvalue weighted by Crippen LogP contribution is -2.36. The van der Waals surface area contributed by atoms with E-state index >= 15 is 0 Å². The van der Waals surface area contributed by atoms with Crippen molar-refractivity contribution in [3.05, 3.63) is 77.4 Å². The normalized spacial score (nSPS) is 12.0. The van der Waals surface area contributed by atoms with E-state index in [1.165, 1.54) is 10.8 Å². The van der Waals surface area contributed by atoms with E-state index in [-0.39, 0.29) is 5.91 Å². The van der Waals surface area contributed by atoms with E-state index in [0.29, 0.717) is 6.54 Å². The lowest BCUT2D eigenvalue weighted by Gasteiger charge is -2.17. The number of ether oxygens (including phenoxy) is 1. The average molecular weight is 333 g/mol. The Hall–Kier alpha value is -2.81. The summed E-state index contributed by atoms with van der Waals surface area (Å²) in [6.07, 6.45) is -0.541. The van der Waals surface area contributed by atoms with E-state index in [4.69, 9.17) is 4.74 Å². The summed E-state index contributed by atoms with van der Waals surface area (Å²) < 4.78 is 5.83. The zero-order valence-electron chi connectivity index (χ0n) is 14.9. The van der Waals surface area contributed by atoms with Crippen LogP contribution < -0.4 is 10.1 Å². The molecule has 25 heavy (non-hydrogen) atoms. The largest absolute Gasteiger partial charge is 0.481 e. The maximum Gasteiger partial charge on any atom is 0.261 e. The maximum absolute atomic E-state index is 12.3. The van der Waals surface area contributed by atoms with Gasteiger partial charge >= 0.3 is 0 Å². The van der Waals surface area contributed by atoms with E-state index in [2.05, 4.69) is 29.6 Å². The Labute approximate surface area is 148 Å². The number of amides is 1. The number of benzene rings is 3. The van der Waals surface area contributed by atoms with Crippen LogP contribution in [0.25, 0.3) is 10.8 Å². The second-order valence-electron chi connectivity index (χ2n) is 6.36. The summed E-state index contributed by atoms with van der Waals surface area (Å²) in [6.45, 7) is 6.30. The Morgan fingerprint density at radius 3 is 2.56 bits per heavy atom. The smallest absolute Gasteiger partial charge is 0.261 e. The lowest BCUT2D eigenvalue weighted by molar-refractivity contribution is -0.127. The minimum atomic E-state index is -0.541. The molecule has 0 heterocycles. The highest BCUT2D eigenvalue weighted by Crippen LogP contribution is 2.22. The van der Waals surface area contributed by atoms with Crippen LogP contribution in [0.1, 0.15) is 23.6 Å². The molecule has 0 spiro atoms. The van der Waals surface area contributed by atoms with Crippen molar-refractivity contribution in [3.63, 3.8) is 0 Å². The standard InChI is InChI=1S/C22H23NO2/c1-15-7-6-10-21(16(15)2)25-17(3)22(24)23-14-18-11-12-19-8-4-5-9-20(19)13-18/h4-13,17H,14H2,1-3H3,(H,23,24)/t17-/m1/s1. The molecule has 0 aromatic heterocycles. The van der Waals surface area contributed by atoms with Gasteiger partial charge in [-0.15, -0.1) is 0 Å². The van der Waals surface area contributed by atoms with Crippen molar-refractivity contribution in [2.75, 3.05) is 0 Å². The molecule has 0 unspecified atom stereocenters. The number of hydrogen-bond acceptors (Lipinski definition) is 2. The molecule has 0 fully saturated rings. The fourth-order valence-corrected chi connectivity index (χ4v) is 2.78. The fraction of sp³-hybridized carbons (Fsp3) is 0.227. The third kappa shape index (κ3) is 4.00. The first-order valence-corrected chi connectivity index (χ1v) is 8.53. The molecule has 1 N–H and O–H groups in total. The molecule has 128 valence electrons. The molecule has 3 aromatic rings. The maximum atomic E-state index is 12.3. The summed E-state index contributed by atoms with van der Waals surface area (Å²) in [6, 6.07) is 20.3. The highest BCUT2D eigenvalue weighted by Gasteiger charge is 2.15. The van der Waals surface area contributed by atoms with Crippen LogP contribution in [0.15, 0.2) is 60.7 Å². The van der Waals surface area contributed by atoms with Crippen molar-refractivity contribution in [1.82, 2.24) is 5.32 Å². The molecule has 3 heteroatoms. The molecular weight excluding hydrogens is 310 g/mol. The third-order valence-electron chi connectivity index (χ3n) is 4.51. The van der Waals surface area contributed by atoms with Gasteiger partial charge in [-0.1, -0.05) is 48.5 Å². The quantitative estimate of drug-likeness (QED) is 0.744. The predicted molar refractivity (Wildman–Crippen MR) is 102 cm³/mol. The lowest BCUT2D eigenvalue weighted by atomic mass is 10.1. The molecule has 1 amide bonds. The van der Waals surface area contributed by atoms with Crippen molar-refractivity contribution in [2.45, 2.75) is 33.4 Å². The van der Waals surface area contributed by atoms with Crippen LogP contribution in [0.2, 0.25) is 0 Å².